The van der Waals surface area contributed by atoms with Gasteiger partial charge in [-0.1, -0.05) is 50.1 Å². The summed E-state index contributed by atoms with van der Waals surface area (Å²) in [7, 11) is 0. The Morgan fingerprint density at radius 3 is 2.57 bits per heavy atom. The van der Waals surface area contributed by atoms with Crippen LogP contribution in [0.1, 0.15) is 58.4 Å². The summed E-state index contributed by atoms with van der Waals surface area (Å²) in [5, 5.41) is 5.80. The normalized spacial score (nSPS) is 10.8. The second kappa shape index (κ2) is 9.17. The van der Waals surface area contributed by atoms with Gasteiger partial charge >= 0.3 is 0 Å². The molecule has 0 spiro atoms. The lowest BCUT2D eigenvalue weighted by atomic mass is 10.1. The zero-order valence-corrected chi connectivity index (χ0v) is 16.4. The SMILES string of the molecule is CCCCCNC(=O)c1nc(C(=O)NCc2ccccc2C)n2ccccc12. The van der Waals surface area contributed by atoms with E-state index < -0.39 is 0 Å². The van der Waals surface area contributed by atoms with E-state index in [1.807, 2.05) is 43.3 Å². The maximum absolute atomic E-state index is 12.8. The number of carbonyl (C=O) groups is 2. The molecule has 0 radical (unpaired) electrons. The molecule has 28 heavy (non-hydrogen) atoms. The van der Waals surface area contributed by atoms with Crippen LogP contribution in [-0.2, 0) is 6.54 Å². The molecule has 0 aliphatic rings. The highest BCUT2D eigenvalue weighted by atomic mass is 16.2. The molecule has 0 aliphatic heterocycles. The quantitative estimate of drug-likeness (QED) is 0.589. The number of nitrogens with one attached hydrogen (secondary N) is 2. The predicted molar refractivity (Wildman–Crippen MR) is 109 cm³/mol. The lowest BCUT2D eigenvalue weighted by Gasteiger charge is -2.07. The number of carbonyl (C=O) groups excluding carboxylic acids is 2. The third kappa shape index (κ3) is 4.39. The van der Waals surface area contributed by atoms with Crippen molar-refractivity contribution in [2.24, 2.45) is 0 Å². The van der Waals surface area contributed by atoms with Crippen LogP contribution in [0.2, 0.25) is 0 Å². The summed E-state index contributed by atoms with van der Waals surface area (Å²) in [6, 6.07) is 13.3. The van der Waals surface area contributed by atoms with Crippen LogP contribution in [0.4, 0.5) is 0 Å². The van der Waals surface area contributed by atoms with Gasteiger partial charge < -0.3 is 10.6 Å². The molecule has 0 unspecified atom stereocenters. The highest BCUT2D eigenvalue weighted by Gasteiger charge is 2.21. The predicted octanol–water partition coefficient (Wildman–Crippen LogP) is 3.49. The Kier molecular flexibility index (Phi) is 6.42. The molecule has 0 atom stereocenters. The summed E-state index contributed by atoms with van der Waals surface area (Å²) in [6.45, 7) is 5.14. The number of aromatic nitrogens is 2. The topological polar surface area (TPSA) is 75.5 Å². The Hall–Kier alpha value is -3.15. The summed E-state index contributed by atoms with van der Waals surface area (Å²) in [5.74, 6) is -0.352. The number of rotatable bonds is 8. The lowest BCUT2D eigenvalue weighted by molar-refractivity contribution is 0.0939. The average molecular weight is 378 g/mol. The van der Waals surface area contributed by atoms with E-state index in [2.05, 4.69) is 22.5 Å². The Morgan fingerprint density at radius 2 is 1.79 bits per heavy atom. The first-order valence-electron chi connectivity index (χ1n) is 9.69. The van der Waals surface area contributed by atoms with Crippen LogP contribution in [0.25, 0.3) is 5.52 Å². The largest absolute Gasteiger partial charge is 0.351 e. The van der Waals surface area contributed by atoms with Crippen molar-refractivity contribution in [1.29, 1.82) is 0 Å². The number of nitrogens with zero attached hydrogens (tertiary/aromatic N) is 2. The summed E-state index contributed by atoms with van der Waals surface area (Å²) in [4.78, 5) is 29.7. The van der Waals surface area contributed by atoms with Crippen LogP contribution >= 0.6 is 0 Å². The molecule has 0 fully saturated rings. The molecule has 6 nitrogen and oxygen atoms in total. The van der Waals surface area contributed by atoms with Gasteiger partial charge in [0.1, 0.15) is 0 Å². The van der Waals surface area contributed by atoms with Gasteiger partial charge in [0.2, 0.25) is 5.82 Å². The van der Waals surface area contributed by atoms with E-state index in [9.17, 15) is 9.59 Å². The molecule has 2 amide bonds. The number of hydrogen-bond acceptors (Lipinski definition) is 3. The van der Waals surface area contributed by atoms with E-state index in [1.165, 1.54) is 0 Å². The van der Waals surface area contributed by atoms with Crippen molar-refractivity contribution >= 4 is 17.3 Å². The van der Waals surface area contributed by atoms with Crippen molar-refractivity contribution in [3.8, 4) is 0 Å². The lowest BCUT2D eigenvalue weighted by Crippen LogP contribution is -2.26. The van der Waals surface area contributed by atoms with Crippen molar-refractivity contribution in [2.75, 3.05) is 6.54 Å². The molecule has 0 saturated carbocycles. The number of imidazole rings is 1. The van der Waals surface area contributed by atoms with E-state index in [-0.39, 0.29) is 23.3 Å². The molecule has 146 valence electrons. The summed E-state index contributed by atoms with van der Waals surface area (Å²) in [6.07, 6.45) is 4.84. The fourth-order valence-corrected chi connectivity index (χ4v) is 3.09. The standard InChI is InChI=1S/C22H26N4O2/c1-3-4-8-13-23-21(27)19-18-12-7-9-14-26(18)20(25-19)22(28)24-15-17-11-6-5-10-16(17)2/h5-7,9-12,14H,3-4,8,13,15H2,1-2H3,(H,23,27)(H,24,28). The molecular formula is C22H26N4O2. The van der Waals surface area contributed by atoms with Gasteiger partial charge in [-0.05, 0) is 36.6 Å². The molecule has 0 saturated heterocycles. The molecule has 2 heterocycles. The van der Waals surface area contributed by atoms with Crippen LogP contribution < -0.4 is 10.6 Å². The summed E-state index contributed by atoms with van der Waals surface area (Å²) >= 11 is 0. The fraction of sp³-hybridized carbons (Fsp3) is 0.318. The number of pyridine rings is 1. The van der Waals surface area contributed by atoms with Gasteiger partial charge in [-0.15, -0.1) is 0 Å². The zero-order chi connectivity index (χ0) is 19.9. The molecule has 2 N–H and O–H groups in total. The third-order valence-corrected chi connectivity index (χ3v) is 4.73. The molecule has 3 rings (SSSR count). The minimum atomic E-state index is -0.311. The van der Waals surface area contributed by atoms with Crippen molar-refractivity contribution in [3.63, 3.8) is 0 Å². The van der Waals surface area contributed by atoms with E-state index >= 15 is 0 Å². The summed E-state index contributed by atoms with van der Waals surface area (Å²) < 4.78 is 1.66. The number of benzene rings is 1. The number of amides is 2. The molecule has 1 aromatic carbocycles. The first-order valence-corrected chi connectivity index (χ1v) is 9.69. The number of hydrogen-bond donors (Lipinski definition) is 2. The van der Waals surface area contributed by atoms with Crippen LogP contribution in [-0.4, -0.2) is 27.7 Å². The van der Waals surface area contributed by atoms with Gasteiger partial charge in [-0.25, -0.2) is 4.98 Å². The highest BCUT2D eigenvalue weighted by Crippen LogP contribution is 2.14. The summed E-state index contributed by atoms with van der Waals surface area (Å²) in [5.41, 5.74) is 3.06. The minimum Gasteiger partial charge on any atom is -0.351 e. The van der Waals surface area contributed by atoms with Crippen molar-refractivity contribution in [3.05, 3.63) is 71.3 Å². The molecule has 6 heteroatoms. The van der Waals surface area contributed by atoms with Gasteiger partial charge in [0.05, 0.1) is 5.52 Å². The maximum atomic E-state index is 12.8. The monoisotopic (exact) mass is 378 g/mol. The molecule has 0 aliphatic carbocycles. The van der Waals surface area contributed by atoms with E-state index in [0.29, 0.717) is 18.6 Å². The van der Waals surface area contributed by atoms with Crippen molar-refractivity contribution < 1.29 is 9.59 Å². The number of unbranched alkanes of at least 4 members (excludes halogenated alkanes) is 2. The zero-order valence-electron chi connectivity index (χ0n) is 16.4. The third-order valence-electron chi connectivity index (χ3n) is 4.73. The van der Waals surface area contributed by atoms with Crippen LogP contribution in [0.15, 0.2) is 48.7 Å². The second-order valence-corrected chi connectivity index (χ2v) is 6.81. The van der Waals surface area contributed by atoms with Crippen molar-refractivity contribution in [2.45, 2.75) is 39.7 Å². The fourth-order valence-electron chi connectivity index (χ4n) is 3.09. The second-order valence-electron chi connectivity index (χ2n) is 6.81. The first kappa shape index (κ1) is 19.6. The Bertz CT molecular complexity index is 978. The Morgan fingerprint density at radius 1 is 1.00 bits per heavy atom. The average Bonchev–Trinajstić information content (AvgIpc) is 3.10. The highest BCUT2D eigenvalue weighted by molar-refractivity contribution is 6.02. The Balaban J connectivity index is 1.78. The molecule has 0 bridgehead atoms. The molecular weight excluding hydrogens is 352 g/mol. The van der Waals surface area contributed by atoms with Crippen LogP contribution in [0, 0.1) is 6.92 Å². The Labute approximate surface area is 165 Å². The van der Waals surface area contributed by atoms with E-state index in [1.54, 1.807) is 16.7 Å². The van der Waals surface area contributed by atoms with Crippen molar-refractivity contribution in [1.82, 2.24) is 20.0 Å². The first-order chi connectivity index (χ1) is 13.6. The van der Waals surface area contributed by atoms with Crippen LogP contribution in [0.5, 0.6) is 0 Å². The van der Waals surface area contributed by atoms with E-state index in [0.717, 1.165) is 30.4 Å². The van der Waals surface area contributed by atoms with Gasteiger partial charge in [0, 0.05) is 19.3 Å². The van der Waals surface area contributed by atoms with Gasteiger partial charge in [-0.3, -0.25) is 14.0 Å². The van der Waals surface area contributed by atoms with E-state index in [4.69, 9.17) is 0 Å². The number of aryl methyl sites for hydroxylation is 1. The molecule has 2 aromatic heterocycles. The molecule has 3 aromatic rings. The van der Waals surface area contributed by atoms with Gasteiger partial charge in [-0.2, -0.15) is 0 Å². The van der Waals surface area contributed by atoms with Gasteiger partial charge in [0.25, 0.3) is 11.8 Å². The smallest absolute Gasteiger partial charge is 0.287 e. The van der Waals surface area contributed by atoms with Gasteiger partial charge in [0.15, 0.2) is 5.69 Å². The van der Waals surface area contributed by atoms with Crippen LogP contribution in [0.3, 0.4) is 0 Å². The maximum Gasteiger partial charge on any atom is 0.287 e. The minimum absolute atomic E-state index is 0.211. The number of fused-ring (bicyclic) bond motifs is 1.